The van der Waals surface area contributed by atoms with E-state index in [1.54, 1.807) is 24.3 Å². The summed E-state index contributed by atoms with van der Waals surface area (Å²) >= 11 is 13.0. The quantitative estimate of drug-likeness (QED) is 0.386. The molecule has 1 heterocycles. The second-order valence-corrected chi connectivity index (χ2v) is 8.54. The first-order valence-corrected chi connectivity index (χ1v) is 10.9. The van der Waals surface area contributed by atoms with Crippen molar-refractivity contribution in [1.82, 2.24) is 4.90 Å². The van der Waals surface area contributed by atoms with Crippen LogP contribution in [0.2, 0.25) is 10.0 Å². The second-order valence-electron chi connectivity index (χ2n) is 6.70. The predicted octanol–water partition coefficient (Wildman–Crippen LogP) is 5.18. The minimum atomic E-state index is -1.03. The number of benzene rings is 2. The Labute approximate surface area is 199 Å². The lowest BCUT2D eigenvalue weighted by Gasteiger charge is -2.18. The third kappa shape index (κ3) is 5.20. The number of imide groups is 1. The number of nitrogens with zero attached hydrogens (tertiary/aromatic N) is 1. The number of carbonyl (C=O) groups is 3. The van der Waals surface area contributed by atoms with E-state index in [0.717, 1.165) is 22.2 Å². The van der Waals surface area contributed by atoms with E-state index >= 15 is 0 Å². The lowest BCUT2D eigenvalue weighted by Crippen LogP contribution is -2.42. The van der Waals surface area contributed by atoms with Gasteiger partial charge >= 0.3 is 5.97 Å². The van der Waals surface area contributed by atoms with Crippen LogP contribution in [0.5, 0.6) is 11.5 Å². The van der Waals surface area contributed by atoms with Crippen LogP contribution in [-0.2, 0) is 20.9 Å². The van der Waals surface area contributed by atoms with Crippen molar-refractivity contribution in [3.8, 4) is 11.5 Å². The molecule has 3 rings (SSSR count). The Morgan fingerprint density at radius 3 is 2.47 bits per heavy atom. The van der Waals surface area contributed by atoms with Gasteiger partial charge in [-0.1, -0.05) is 35.3 Å². The summed E-state index contributed by atoms with van der Waals surface area (Å²) in [5, 5.41) is 0.339. The first-order valence-electron chi connectivity index (χ1n) is 9.34. The molecule has 0 unspecified atom stereocenters. The molecule has 32 heavy (non-hydrogen) atoms. The summed E-state index contributed by atoms with van der Waals surface area (Å²) in [5.74, 6) is -0.565. The van der Waals surface area contributed by atoms with E-state index in [4.69, 9.17) is 32.7 Å². The third-order valence-corrected chi connectivity index (χ3v) is 6.02. The Hall–Kier alpha value is -2.68. The zero-order valence-corrected chi connectivity index (χ0v) is 19.7. The molecule has 0 bridgehead atoms. The van der Waals surface area contributed by atoms with Crippen molar-refractivity contribution >= 4 is 58.2 Å². The van der Waals surface area contributed by atoms with E-state index in [1.807, 2.05) is 12.1 Å². The Bertz CT molecular complexity index is 1090. The van der Waals surface area contributed by atoms with Crippen LogP contribution in [0.3, 0.4) is 0 Å². The van der Waals surface area contributed by atoms with E-state index in [2.05, 4.69) is 4.74 Å². The van der Waals surface area contributed by atoms with Gasteiger partial charge in [0.15, 0.2) is 11.5 Å². The van der Waals surface area contributed by atoms with Crippen molar-refractivity contribution in [1.29, 1.82) is 0 Å². The highest BCUT2D eigenvalue weighted by Gasteiger charge is 2.41. The molecule has 0 saturated carbocycles. The van der Waals surface area contributed by atoms with Crippen LogP contribution in [-0.4, -0.2) is 42.3 Å². The Morgan fingerprint density at radius 2 is 1.84 bits per heavy atom. The SMILES string of the molecule is COC(=O)[C@@H](C)N1C(=O)S/C(=C/c2cc(Cl)c(OCc3ccc(Cl)cc3)c(OC)c2)C1=O. The molecule has 2 aromatic rings. The lowest BCUT2D eigenvalue weighted by molar-refractivity contribution is -0.148. The van der Waals surface area contributed by atoms with Crippen LogP contribution in [0, 0.1) is 0 Å². The van der Waals surface area contributed by atoms with Gasteiger partial charge in [-0.2, -0.15) is 0 Å². The molecule has 1 aliphatic rings. The van der Waals surface area contributed by atoms with E-state index in [0.29, 0.717) is 22.1 Å². The number of hydrogen-bond acceptors (Lipinski definition) is 7. The minimum absolute atomic E-state index is 0.152. The minimum Gasteiger partial charge on any atom is -0.493 e. The molecule has 0 radical (unpaired) electrons. The predicted molar refractivity (Wildman–Crippen MR) is 123 cm³/mol. The van der Waals surface area contributed by atoms with E-state index < -0.39 is 23.2 Å². The van der Waals surface area contributed by atoms with Crippen LogP contribution < -0.4 is 9.47 Å². The maximum absolute atomic E-state index is 12.7. The summed E-state index contributed by atoms with van der Waals surface area (Å²) in [7, 11) is 2.66. The molecule has 0 N–H and O–H groups in total. The number of methoxy groups -OCH3 is 2. The smallest absolute Gasteiger partial charge is 0.328 e. The normalized spacial score (nSPS) is 15.8. The van der Waals surface area contributed by atoms with Crippen LogP contribution in [0.25, 0.3) is 6.08 Å². The molecule has 0 aromatic heterocycles. The summed E-state index contributed by atoms with van der Waals surface area (Å²) in [6.45, 7) is 1.68. The van der Waals surface area contributed by atoms with Crippen molar-refractivity contribution < 1.29 is 28.6 Å². The van der Waals surface area contributed by atoms with Gasteiger partial charge in [-0.25, -0.2) is 4.79 Å². The van der Waals surface area contributed by atoms with Gasteiger partial charge in [-0.3, -0.25) is 14.5 Å². The summed E-state index contributed by atoms with van der Waals surface area (Å²) in [5.41, 5.74) is 1.42. The van der Waals surface area contributed by atoms with Crippen LogP contribution in [0.1, 0.15) is 18.1 Å². The van der Waals surface area contributed by atoms with Crippen LogP contribution in [0.4, 0.5) is 4.79 Å². The standard InChI is InChI=1S/C22H19Cl2NO6S/c1-12(21(27)30-3)25-20(26)18(32-22(25)28)10-14-8-16(24)19(17(9-14)29-2)31-11-13-4-6-15(23)7-5-13/h4-10,12H,11H2,1-3H3/b18-10+/t12-/m1/s1. The molecular weight excluding hydrogens is 477 g/mol. The monoisotopic (exact) mass is 495 g/mol. The molecule has 168 valence electrons. The van der Waals surface area contributed by atoms with E-state index in [-0.39, 0.29) is 16.5 Å². The summed E-state index contributed by atoms with van der Waals surface area (Å²) in [4.78, 5) is 37.7. The largest absolute Gasteiger partial charge is 0.493 e. The first-order chi connectivity index (χ1) is 15.2. The molecule has 1 atom stereocenters. The molecule has 0 aliphatic carbocycles. The average molecular weight is 496 g/mol. The first kappa shape index (κ1) is 24.0. The maximum atomic E-state index is 12.7. The molecule has 0 spiro atoms. The van der Waals surface area contributed by atoms with Crippen LogP contribution >= 0.6 is 35.0 Å². The number of esters is 1. The number of thioether (sulfide) groups is 1. The Morgan fingerprint density at radius 1 is 1.16 bits per heavy atom. The topological polar surface area (TPSA) is 82.1 Å². The number of halogens is 2. The van der Waals surface area contributed by atoms with Gasteiger partial charge in [0.2, 0.25) is 0 Å². The van der Waals surface area contributed by atoms with Gasteiger partial charge in [0, 0.05) is 5.02 Å². The molecule has 1 fully saturated rings. The Balaban J connectivity index is 1.83. The molecule has 2 amide bonds. The van der Waals surface area contributed by atoms with Gasteiger partial charge in [0.05, 0.1) is 24.1 Å². The molecular formula is C22H19Cl2NO6S. The molecule has 2 aromatic carbocycles. The van der Waals surface area contributed by atoms with E-state index in [1.165, 1.54) is 27.2 Å². The number of amides is 2. The highest BCUT2D eigenvalue weighted by Crippen LogP contribution is 2.39. The number of rotatable bonds is 7. The average Bonchev–Trinajstić information content (AvgIpc) is 3.05. The van der Waals surface area contributed by atoms with Crippen molar-refractivity contribution in [2.45, 2.75) is 19.6 Å². The highest BCUT2D eigenvalue weighted by molar-refractivity contribution is 8.18. The fraction of sp³-hybridized carbons (Fsp3) is 0.227. The van der Waals surface area contributed by atoms with Gasteiger partial charge in [0.25, 0.3) is 11.1 Å². The van der Waals surface area contributed by atoms with Gasteiger partial charge in [0.1, 0.15) is 12.6 Å². The third-order valence-electron chi connectivity index (χ3n) is 4.60. The second kappa shape index (κ2) is 10.3. The highest BCUT2D eigenvalue weighted by atomic mass is 35.5. The maximum Gasteiger partial charge on any atom is 0.328 e. The molecule has 7 nitrogen and oxygen atoms in total. The van der Waals surface area contributed by atoms with Gasteiger partial charge in [-0.15, -0.1) is 0 Å². The summed E-state index contributed by atoms with van der Waals surface area (Å²) < 4.78 is 15.9. The number of ether oxygens (including phenoxy) is 3. The van der Waals surface area contributed by atoms with Gasteiger partial charge in [-0.05, 0) is 60.2 Å². The number of carbonyl (C=O) groups excluding carboxylic acids is 3. The number of hydrogen-bond donors (Lipinski definition) is 0. The molecule has 1 saturated heterocycles. The van der Waals surface area contributed by atoms with Gasteiger partial charge < -0.3 is 14.2 Å². The fourth-order valence-corrected chi connectivity index (χ4v) is 4.25. The summed E-state index contributed by atoms with van der Waals surface area (Å²) in [6.07, 6.45) is 1.51. The van der Waals surface area contributed by atoms with Crippen molar-refractivity contribution in [2.24, 2.45) is 0 Å². The summed E-state index contributed by atoms with van der Waals surface area (Å²) in [6, 6.07) is 9.40. The lowest BCUT2D eigenvalue weighted by atomic mass is 10.1. The molecule has 1 aliphatic heterocycles. The van der Waals surface area contributed by atoms with Crippen LogP contribution in [0.15, 0.2) is 41.3 Å². The van der Waals surface area contributed by atoms with Crippen molar-refractivity contribution in [2.75, 3.05) is 14.2 Å². The molecule has 10 heteroatoms. The van der Waals surface area contributed by atoms with E-state index in [9.17, 15) is 14.4 Å². The Kier molecular flexibility index (Phi) is 7.71. The zero-order valence-electron chi connectivity index (χ0n) is 17.4. The van der Waals surface area contributed by atoms with Crippen molar-refractivity contribution in [3.05, 3.63) is 62.5 Å². The fourth-order valence-electron chi connectivity index (χ4n) is 2.94. The van der Waals surface area contributed by atoms with Crippen molar-refractivity contribution in [3.63, 3.8) is 0 Å². The zero-order chi connectivity index (χ0) is 23.4.